The molecule has 0 radical (unpaired) electrons. The molecule has 0 unspecified atom stereocenters. The van der Waals surface area contributed by atoms with Crippen LogP contribution in [0.1, 0.15) is 71.4 Å². The van der Waals surface area contributed by atoms with Crippen molar-refractivity contribution in [3.63, 3.8) is 0 Å². The van der Waals surface area contributed by atoms with Crippen molar-refractivity contribution in [3.05, 3.63) is 34.4 Å². The van der Waals surface area contributed by atoms with Crippen LogP contribution in [0.2, 0.25) is 0 Å². The van der Waals surface area contributed by atoms with E-state index in [1.807, 2.05) is 21.9 Å². The van der Waals surface area contributed by atoms with Crippen LogP contribution in [-0.4, -0.2) is 34.7 Å². The number of fused-ring (bicyclic) bond motifs is 2. The van der Waals surface area contributed by atoms with Crippen LogP contribution in [-0.2, 0) is 13.1 Å². The average molecular weight is 300 g/mol. The number of rotatable bonds is 6. The molecule has 0 spiro atoms. The molecule has 2 aliphatic rings. The van der Waals surface area contributed by atoms with E-state index in [4.69, 9.17) is 0 Å². The van der Waals surface area contributed by atoms with Gasteiger partial charge in [0.25, 0.3) is 11.8 Å². The Kier molecular flexibility index (Phi) is 4.19. The molecule has 22 heavy (non-hydrogen) atoms. The van der Waals surface area contributed by atoms with Crippen LogP contribution in [0, 0.1) is 0 Å². The fourth-order valence-electron chi connectivity index (χ4n) is 3.30. The Morgan fingerprint density at radius 2 is 1.23 bits per heavy atom. The molecule has 4 heteroatoms. The number of carbonyl (C=O) groups is 2. The van der Waals surface area contributed by atoms with Gasteiger partial charge in [-0.25, -0.2) is 0 Å². The van der Waals surface area contributed by atoms with Crippen molar-refractivity contribution >= 4 is 11.8 Å². The molecule has 0 saturated heterocycles. The number of benzene rings is 1. The number of unbranched alkanes of at least 4 members (excludes halogenated alkanes) is 2. The van der Waals surface area contributed by atoms with Crippen LogP contribution in [0.15, 0.2) is 12.1 Å². The maximum Gasteiger partial charge on any atom is 0.254 e. The fraction of sp³-hybridized carbons (Fsp3) is 0.556. The molecular formula is C18H24N2O2. The lowest BCUT2D eigenvalue weighted by Gasteiger charge is -2.15. The molecule has 0 aliphatic carbocycles. The number of carbonyl (C=O) groups excluding carboxylic acids is 2. The SMILES string of the molecule is CCCCN1Cc2cc3c(cc2C1=O)CN(CCCC)C3=O. The van der Waals surface area contributed by atoms with Crippen LogP contribution in [0.5, 0.6) is 0 Å². The number of hydrogen-bond donors (Lipinski definition) is 0. The molecule has 1 aromatic carbocycles. The average Bonchev–Trinajstić information content (AvgIpc) is 2.99. The summed E-state index contributed by atoms with van der Waals surface area (Å²) in [5.74, 6) is 0.261. The highest BCUT2D eigenvalue weighted by Crippen LogP contribution is 2.31. The van der Waals surface area contributed by atoms with Gasteiger partial charge in [-0.3, -0.25) is 9.59 Å². The van der Waals surface area contributed by atoms with Gasteiger partial charge in [-0.15, -0.1) is 0 Å². The third-order valence-corrected chi connectivity index (χ3v) is 4.65. The summed E-state index contributed by atoms with van der Waals surface area (Å²) < 4.78 is 0. The van der Waals surface area contributed by atoms with Crippen molar-refractivity contribution in [2.24, 2.45) is 0 Å². The van der Waals surface area contributed by atoms with Gasteiger partial charge in [0.05, 0.1) is 0 Å². The zero-order valence-corrected chi connectivity index (χ0v) is 13.5. The summed E-state index contributed by atoms with van der Waals surface area (Å²) in [7, 11) is 0. The highest BCUT2D eigenvalue weighted by atomic mass is 16.2. The van der Waals surface area contributed by atoms with Gasteiger partial charge < -0.3 is 9.80 Å². The molecule has 2 aliphatic heterocycles. The van der Waals surface area contributed by atoms with E-state index in [2.05, 4.69) is 13.8 Å². The first-order valence-corrected chi connectivity index (χ1v) is 8.40. The third-order valence-electron chi connectivity index (χ3n) is 4.65. The summed E-state index contributed by atoms with van der Waals surface area (Å²) in [5.41, 5.74) is 3.65. The Bertz CT molecular complexity index is 556. The summed E-state index contributed by atoms with van der Waals surface area (Å²) in [4.78, 5) is 28.7. The molecule has 0 aromatic heterocycles. The lowest BCUT2D eigenvalue weighted by Crippen LogP contribution is -2.25. The van der Waals surface area contributed by atoms with E-state index in [-0.39, 0.29) is 11.8 Å². The zero-order valence-electron chi connectivity index (χ0n) is 13.5. The van der Waals surface area contributed by atoms with Crippen molar-refractivity contribution in [1.82, 2.24) is 9.80 Å². The van der Waals surface area contributed by atoms with E-state index in [1.54, 1.807) is 0 Å². The number of nitrogens with zero attached hydrogens (tertiary/aromatic N) is 2. The molecule has 0 N–H and O–H groups in total. The minimum absolute atomic E-state index is 0.130. The first-order valence-electron chi connectivity index (χ1n) is 8.40. The second-order valence-electron chi connectivity index (χ2n) is 6.33. The zero-order chi connectivity index (χ0) is 15.7. The van der Waals surface area contributed by atoms with E-state index in [9.17, 15) is 9.59 Å². The third kappa shape index (κ3) is 2.51. The summed E-state index contributed by atoms with van der Waals surface area (Å²) in [6.45, 7) is 7.20. The number of amides is 2. The first-order chi connectivity index (χ1) is 10.7. The molecule has 0 bridgehead atoms. The Hall–Kier alpha value is -1.84. The fourth-order valence-corrected chi connectivity index (χ4v) is 3.30. The van der Waals surface area contributed by atoms with Crippen LogP contribution in [0.4, 0.5) is 0 Å². The quantitative estimate of drug-likeness (QED) is 0.809. The van der Waals surface area contributed by atoms with Crippen LogP contribution < -0.4 is 0 Å². The second-order valence-corrected chi connectivity index (χ2v) is 6.33. The van der Waals surface area contributed by atoms with Crippen LogP contribution in [0.25, 0.3) is 0 Å². The smallest absolute Gasteiger partial charge is 0.254 e. The Morgan fingerprint density at radius 1 is 0.818 bits per heavy atom. The number of hydrogen-bond acceptors (Lipinski definition) is 2. The molecule has 118 valence electrons. The Morgan fingerprint density at radius 3 is 1.59 bits per heavy atom. The highest BCUT2D eigenvalue weighted by molar-refractivity contribution is 6.03. The van der Waals surface area contributed by atoms with Crippen LogP contribution >= 0.6 is 0 Å². The normalized spacial score (nSPS) is 16.5. The van der Waals surface area contributed by atoms with Crippen molar-refractivity contribution in [1.29, 1.82) is 0 Å². The monoisotopic (exact) mass is 300 g/mol. The van der Waals surface area contributed by atoms with Gasteiger partial charge in [0, 0.05) is 37.3 Å². The van der Waals surface area contributed by atoms with Gasteiger partial charge in [-0.05, 0) is 36.1 Å². The summed E-state index contributed by atoms with van der Waals surface area (Å²) >= 11 is 0. The van der Waals surface area contributed by atoms with Gasteiger partial charge in [0.2, 0.25) is 0 Å². The molecule has 3 rings (SSSR count). The summed E-state index contributed by atoms with van der Waals surface area (Å²) in [6, 6.07) is 3.92. The van der Waals surface area contributed by atoms with E-state index >= 15 is 0 Å². The molecule has 1 aromatic rings. The van der Waals surface area contributed by atoms with Gasteiger partial charge in [-0.2, -0.15) is 0 Å². The maximum absolute atomic E-state index is 12.5. The second kappa shape index (κ2) is 6.11. The standard InChI is InChI=1S/C18H24N2O2/c1-3-5-7-19-11-13-9-16-14(10-15(13)17(19)21)12-20(18(16)22)8-6-4-2/h9-10H,3-8,11-12H2,1-2H3. The largest absolute Gasteiger partial charge is 0.334 e. The highest BCUT2D eigenvalue weighted by Gasteiger charge is 2.33. The van der Waals surface area contributed by atoms with Crippen molar-refractivity contribution < 1.29 is 9.59 Å². The van der Waals surface area contributed by atoms with Crippen molar-refractivity contribution in [3.8, 4) is 0 Å². The molecular weight excluding hydrogens is 276 g/mol. The Balaban J connectivity index is 1.81. The molecule has 4 nitrogen and oxygen atoms in total. The van der Waals surface area contributed by atoms with Crippen molar-refractivity contribution in [2.45, 2.75) is 52.6 Å². The predicted octanol–water partition coefficient (Wildman–Crippen LogP) is 3.20. The molecule has 0 atom stereocenters. The molecule has 2 amide bonds. The summed E-state index contributed by atoms with van der Waals surface area (Å²) in [6.07, 6.45) is 4.23. The maximum atomic E-state index is 12.5. The van der Waals surface area contributed by atoms with Gasteiger partial charge in [0.1, 0.15) is 0 Å². The molecule has 0 fully saturated rings. The van der Waals surface area contributed by atoms with Crippen LogP contribution in [0.3, 0.4) is 0 Å². The van der Waals surface area contributed by atoms with E-state index < -0.39 is 0 Å². The minimum Gasteiger partial charge on any atom is -0.334 e. The summed E-state index contributed by atoms with van der Waals surface area (Å²) in [5, 5.41) is 0. The lowest BCUT2D eigenvalue weighted by atomic mass is 10.0. The van der Waals surface area contributed by atoms with Gasteiger partial charge in [-0.1, -0.05) is 26.7 Å². The Labute approximate surface area is 132 Å². The van der Waals surface area contributed by atoms with Crippen molar-refractivity contribution in [2.75, 3.05) is 13.1 Å². The minimum atomic E-state index is 0.130. The lowest BCUT2D eigenvalue weighted by molar-refractivity contribution is 0.0772. The first kappa shape index (κ1) is 15.1. The predicted molar refractivity (Wildman–Crippen MR) is 85.7 cm³/mol. The molecule has 2 heterocycles. The molecule has 0 saturated carbocycles. The van der Waals surface area contributed by atoms with E-state index in [1.165, 1.54) is 0 Å². The topological polar surface area (TPSA) is 40.6 Å². The van der Waals surface area contributed by atoms with E-state index in [0.29, 0.717) is 13.1 Å². The van der Waals surface area contributed by atoms with Gasteiger partial charge in [0.15, 0.2) is 0 Å². The van der Waals surface area contributed by atoms with E-state index in [0.717, 1.165) is 61.0 Å². The van der Waals surface area contributed by atoms with Gasteiger partial charge >= 0.3 is 0 Å².